The molecule has 0 saturated carbocycles. The lowest BCUT2D eigenvalue weighted by atomic mass is 10.2. The molecule has 3 aromatic rings. The molecule has 0 aliphatic rings. The lowest BCUT2D eigenvalue weighted by Gasteiger charge is -2.10. The third-order valence-electron chi connectivity index (χ3n) is 3.15. The molecule has 2 aromatic carbocycles. The third kappa shape index (κ3) is 2.60. The van der Waals surface area contributed by atoms with E-state index < -0.39 is 0 Å². The highest BCUT2D eigenvalue weighted by molar-refractivity contribution is 7.99. The number of aromatic amines is 1. The number of rotatable bonds is 3. The molecule has 20 heavy (non-hydrogen) atoms. The summed E-state index contributed by atoms with van der Waals surface area (Å²) in [6.45, 7) is 2.11. The molecule has 0 unspecified atom stereocenters. The first-order valence-corrected chi connectivity index (χ1v) is 7.32. The van der Waals surface area contributed by atoms with Gasteiger partial charge in [0.25, 0.3) is 5.56 Å². The monoisotopic (exact) mass is 282 g/mol. The highest BCUT2D eigenvalue weighted by Crippen LogP contribution is 2.32. The van der Waals surface area contributed by atoms with Crippen LogP contribution in [0.1, 0.15) is 17.7 Å². The standard InChI is InChI=1S/C16H14N2OS/c1-11(12-7-3-2-4-8-12)20-16-17-14-10-6-5-9-13(14)15(19)18-16/h2-11H,1H3,(H,17,18,19)/t11-/m0/s1. The van der Waals surface area contributed by atoms with Gasteiger partial charge < -0.3 is 4.98 Å². The zero-order valence-corrected chi connectivity index (χ0v) is 11.9. The minimum Gasteiger partial charge on any atom is -0.301 e. The molecular formula is C16H14N2OS. The van der Waals surface area contributed by atoms with E-state index in [1.54, 1.807) is 17.8 Å². The zero-order chi connectivity index (χ0) is 13.9. The number of fused-ring (bicyclic) bond motifs is 1. The van der Waals surface area contributed by atoms with Crippen LogP contribution in [0.5, 0.6) is 0 Å². The highest BCUT2D eigenvalue weighted by atomic mass is 32.2. The summed E-state index contributed by atoms with van der Waals surface area (Å²) in [5, 5.41) is 1.52. The molecule has 0 aliphatic carbocycles. The Morgan fingerprint density at radius 3 is 2.55 bits per heavy atom. The van der Waals surface area contributed by atoms with Gasteiger partial charge in [0.15, 0.2) is 5.16 Å². The predicted molar refractivity (Wildman–Crippen MR) is 83.1 cm³/mol. The number of thioether (sulfide) groups is 1. The van der Waals surface area contributed by atoms with Crippen LogP contribution in [0.25, 0.3) is 10.9 Å². The third-order valence-corrected chi connectivity index (χ3v) is 4.19. The average molecular weight is 282 g/mol. The van der Waals surface area contributed by atoms with Crippen LogP contribution in [-0.4, -0.2) is 9.97 Å². The van der Waals surface area contributed by atoms with Crippen molar-refractivity contribution < 1.29 is 0 Å². The lowest BCUT2D eigenvalue weighted by Crippen LogP contribution is -2.09. The summed E-state index contributed by atoms with van der Waals surface area (Å²) < 4.78 is 0. The molecule has 1 atom stereocenters. The summed E-state index contributed by atoms with van der Waals surface area (Å²) in [6, 6.07) is 17.6. The molecule has 3 rings (SSSR count). The van der Waals surface area contributed by atoms with E-state index in [1.807, 2.05) is 36.4 Å². The maximum atomic E-state index is 12.0. The number of aromatic nitrogens is 2. The van der Waals surface area contributed by atoms with E-state index in [9.17, 15) is 4.79 Å². The fraction of sp³-hybridized carbons (Fsp3) is 0.125. The first-order valence-electron chi connectivity index (χ1n) is 6.45. The molecule has 4 heteroatoms. The van der Waals surface area contributed by atoms with E-state index >= 15 is 0 Å². The van der Waals surface area contributed by atoms with Crippen LogP contribution in [0.15, 0.2) is 64.5 Å². The van der Waals surface area contributed by atoms with Gasteiger partial charge in [0.05, 0.1) is 10.9 Å². The van der Waals surface area contributed by atoms with E-state index in [-0.39, 0.29) is 10.8 Å². The zero-order valence-electron chi connectivity index (χ0n) is 11.0. The summed E-state index contributed by atoms with van der Waals surface area (Å²) in [5.41, 5.74) is 1.87. The van der Waals surface area contributed by atoms with Gasteiger partial charge in [0.2, 0.25) is 0 Å². The number of benzene rings is 2. The van der Waals surface area contributed by atoms with Crippen LogP contribution in [0, 0.1) is 0 Å². The molecule has 1 aromatic heterocycles. The second-order valence-electron chi connectivity index (χ2n) is 4.56. The Kier molecular flexibility index (Phi) is 3.56. The summed E-state index contributed by atoms with van der Waals surface area (Å²) >= 11 is 1.56. The summed E-state index contributed by atoms with van der Waals surface area (Å²) in [4.78, 5) is 19.4. The molecule has 0 spiro atoms. The molecule has 0 aliphatic heterocycles. The van der Waals surface area contributed by atoms with Gasteiger partial charge in [0, 0.05) is 5.25 Å². The minimum atomic E-state index is -0.0849. The molecule has 100 valence electrons. The Labute approximate surface area is 121 Å². The van der Waals surface area contributed by atoms with Crippen LogP contribution in [0.4, 0.5) is 0 Å². The van der Waals surface area contributed by atoms with E-state index in [4.69, 9.17) is 0 Å². The number of nitrogens with zero attached hydrogens (tertiary/aromatic N) is 1. The van der Waals surface area contributed by atoms with Crippen molar-refractivity contribution in [2.24, 2.45) is 0 Å². The summed E-state index contributed by atoms with van der Waals surface area (Å²) in [5.74, 6) is 0. The summed E-state index contributed by atoms with van der Waals surface area (Å²) in [6.07, 6.45) is 0. The Hall–Kier alpha value is -2.07. The van der Waals surface area contributed by atoms with Crippen molar-refractivity contribution in [2.45, 2.75) is 17.3 Å². The number of hydrogen-bond acceptors (Lipinski definition) is 3. The average Bonchev–Trinajstić information content (AvgIpc) is 2.48. The van der Waals surface area contributed by atoms with Crippen molar-refractivity contribution in [2.75, 3.05) is 0 Å². The van der Waals surface area contributed by atoms with Gasteiger partial charge in [-0.25, -0.2) is 4.98 Å². The molecule has 1 heterocycles. The van der Waals surface area contributed by atoms with Crippen molar-refractivity contribution in [3.05, 3.63) is 70.5 Å². The van der Waals surface area contributed by atoms with Gasteiger partial charge >= 0.3 is 0 Å². The molecule has 0 amide bonds. The second kappa shape index (κ2) is 5.51. The van der Waals surface area contributed by atoms with E-state index in [2.05, 4.69) is 29.0 Å². The minimum absolute atomic E-state index is 0.0849. The molecule has 0 bridgehead atoms. The predicted octanol–water partition coefficient (Wildman–Crippen LogP) is 3.78. The van der Waals surface area contributed by atoms with Crippen LogP contribution >= 0.6 is 11.8 Å². The van der Waals surface area contributed by atoms with E-state index in [0.717, 1.165) is 5.52 Å². The van der Waals surface area contributed by atoms with E-state index in [0.29, 0.717) is 10.5 Å². The largest absolute Gasteiger partial charge is 0.301 e. The van der Waals surface area contributed by atoms with Crippen LogP contribution < -0.4 is 5.56 Å². The van der Waals surface area contributed by atoms with Gasteiger partial charge in [-0.2, -0.15) is 0 Å². The molecule has 3 nitrogen and oxygen atoms in total. The molecular weight excluding hydrogens is 268 g/mol. The van der Waals surface area contributed by atoms with Gasteiger partial charge in [-0.05, 0) is 24.6 Å². The van der Waals surface area contributed by atoms with Gasteiger partial charge in [-0.1, -0.05) is 54.2 Å². The number of hydrogen-bond donors (Lipinski definition) is 1. The number of H-pyrrole nitrogens is 1. The van der Waals surface area contributed by atoms with Crippen molar-refractivity contribution in [3.8, 4) is 0 Å². The van der Waals surface area contributed by atoms with Crippen LogP contribution in [0.3, 0.4) is 0 Å². The Morgan fingerprint density at radius 2 is 1.75 bits per heavy atom. The molecule has 0 saturated heterocycles. The normalized spacial score (nSPS) is 12.4. The smallest absolute Gasteiger partial charge is 0.259 e. The fourth-order valence-electron chi connectivity index (χ4n) is 2.08. The Balaban J connectivity index is 1.93. The van der Waals surface area contributed by atoms with Crippen molar-refractivity contribution in [1.82, 2.24) is 9.97 Å². The number of para-hydroxylation sites is 1. The fourth-order valence-corrected chi connectivity index (χ4v) is 3.01. The van der Waals surface area contributed by atoms with E-state index in [1.165, 1.54) is 5.56 Å². The van der Waals surface area contributed by atoms with Gasteiger partial charge in [-0.3, -0.25) is 4.79 Å². The first kappa shape index (κ1) is 12.9. The first-order chi connectivity index (χ1) is 9.74. The van der Waals surface area contributed by atoms with Crippen molar-refractivity contribution in [3.63, 3.8) is 0 Å². The topological polar surface area (TPSA) is 45.8 Å². The van der Waals surface area contributed by atoms with Gasteiger partial charge in [0.1, 0.15) is 0 Å². The Morgan fingerprint density at radius 1 is 1.05 bits per heavy atom. The Bertz CT molecular complexity index is 783. The highest BCUT2D eigenvalue weighted by Gasteiger charge is 2.10. The summed E-state index contributed by atoms with van der Waals surface area (Å²) in [7, 11) is 0. The maximum Gasteiger partial charge on any atom is 0.259 e. The van der Waals surface area contributed by atoms with Crippen LogP contribution in [-0.2, 0) is 0 Å². The molecule has 0 fully saturated rings. The molecule has 0 radical (unpaired) electrons. The lowest BCUT2D eigenvalue weighted by molar-refractivity contribution is 0.958. The quantitative estimate of drug-likeness (QED) is 0.587. The SMILES string of the molecule is C[C@H](Sc1nc2ccccc2c(=O)[nH]1)c1ccccc1. The second-order valence-corrected chi connectivity index (χ2v) is 5.89. The maximum absolute atomic E-state index is 12.0. The van der Waals surface area contributed by atoms with Crippen molar-refractivity contribution in [1.29, 1.82) is 0 Å². The van der Waals surface area contributed by atoms with Crippen LogP contribution in [0.2, 0.25) is 0 Å². The molecule has 1 N–H and O–H groups in total. The number of nitrogens with one attached hydrogen (secondary N) is 1. The van der Waals surface area contributed by atoms with Crippen molar-refractivity contribution >= 4 is 22.7 Å². The van der Waals surface area contributed by atoms with Gasteiger partial charge in [-0.15, -0.1) is 0 Å².